The Kier molecular flexibility index (Phi) is 3.58. The molecule has 0 saturated carbocycles. The van der Waals surface area contributed by atoms with Crippen molar-refractivity contribution in [2.75, 3.05) is 18.0 Å². The lowest BCUT2D eigenvalue weighted by Crippen LogP contribution is -2.44. The zero-order valence-corrected chi connectivity index (χ0v) is 11.2. The first kappa shape index (κ1) is 13.7. The molecule has 1 aromatic heterocycles. The van der Waals surface area contributed by atoms with Crippen LogP contribution in [-0.2, 0) is 6.18 Å². The minimum Gasteiger partial charge on any atom is -0.352 e. The van der Waals surface area contributed by atoms with E-state index in [0.29, 0.717) is 11.9 Å². The van der Waals surface area contributed by atoms with Gasteiger partial charge in [-0.15, -0.1) is 0 Å². The molecule has 3 rings (SSSR count). The molecule has 2 aliphatic heterocycles. The highest BCUT2D eigenvalue weighted by molar-refractivity contribution is 5.43. The molecule has 2 fully saturated rings. The molecule has 3 heterocycles. The summed E-state index contributed by atoms with van der Waals surface area (Å²) in [7, 11) is 0. The van der Waals surface area contributed by atoms with Crippen molar-refractivity contribution in [2.45, 2.75) is 43.9 Å². The molecule has 1 N–H and O–H groups in total. The lowest BCUT2D eigenvalue weighted by molar-refractivity contribution is -0.141. The smallest absolute Gasteiger partial charge is 0.352 e. The molecule has 1 aromatic rings. The molecular weight excluding hydrogens is 267 g/mol. The van der Waals surface area contributed by atoms with Gasteiger partial charge in [-0.2, -0.15) is 13.2 Å². The zero-order chi connectivity index (χ0) is 14.2. The fourth-order valence-corrected chi connectivity index (χ4v) is 3.28. The first-order valence-corrected chi connectivity index (χ1v) is 7.10. The SMILES string of the molecule is FC(F)(F)c1cccc(N2CCCC2C2CCCN2)n1. The minimum atomic E-state index is -4.38. The van der Waals surface area contributed by atoms with E-state index in [1.807, 2.05) is 4.90 Å². The Morgan fingerprint density at radius 1 is 1.20 bits per heavy atom. The molecular formula is C14H18F3N3. The Bertz CT molecular complexity index is 469. The van der Waals surface area contributed by atoms with Crippen LogP contribution in [0.4, 0.5) is 19.0 Å². The quantitative estimate of drug-likeness (QED) is 0.905. The van der Waals surface area contributed by atoms with Crippen molar-refractivity contribution in [1.82, 2.24) is 10.3 Å². The van der Waals surface area contributed by atoms with Crippen LogP contribution in [0.2, 0.25) is 0 Å². The van der Waals surface area contributed by atoms with Crippen LogP contribution in [-0.4, -0.2) is 30.2 Å². The Morgan fingerprint density at radius 3 is 2.75 bits per heavy atom. The van der Waals surface area contributed by atoms with Crippen molar-refractivity contribution in [3.63, 3.8) is 0 Å². The van der Waals surface area contributed by atoms with Crippen molar-refractivity contribution in [3.8, 4) is 0 Å². The normalized spacial score (nSPS) is 27.2. The standard InChI is InChI=1S/C14H18F3N3/c15-14(16,17)12-6-1-7-13(19-12)20-9-3-5-11(20)10-4-2-8-18-10/h1,6-7,10-11,18H,2-5,8-9H2. The maximum atomic E-state index is 12.8. The van der Waals surface area contributed by atoms with Crippen molar-refractivity contribution in [3.05, 3.63) is 23.9 Å². The van der Waals surface area contributed by atoms with Crippen LogP contribution >= 0.6 is 0 Å². The summed E-state index contributed by atoms with van der Waals surface area (Å²) in [4.78, 5) is 5.86. The summed E-state index contributed by atoms with van der Waals surface area (Å²) in [5.41, 5.74) is -0.806. The fraction of sp³-hybridized carbons (Fsp3) is 0.643. The topological polar surface area (TPSA) is 28.2 Å². The number of alkyl halides is 3. The van der Waals surface area contributed by atoms with Gasteiger partial charge in [-0.1, -0.05) is 6.07 Å². The Labute approximate surface area is 116 Å². The second-order valence-corrected chi connectivity index (χ2v) is 5.48. The maximum absolute atomic E-state index is 12.8. The summed E-state index contributed by atoms with van der Waals surface area (Å²) in [5, 5.41) is 3.45. The first-order chi connectivity index (χ1) is 9.55. The minimum absolute atomic E-state index is 0.272. The number of pyridine rings is 1. The molecule has 2 atom stereocenters. The predicted molar refractivity (Wildman–Crippen MR) is 70.6 cm³/mol. The molecule has 0 amide bonds. The van der Waals surface area contributed by atoms with E-state index in [4.69, 9.17) is 0 Å². The Hall–Kier alpha value is -1.30. The molecule has 0 bridgehead atoms. The molecule has 6 heteroatoms. The molecule has 2 aliphatic rings. The summed E-state index contributed by atoms with van der Waals surface area (Å²) >= 11 is 0. The number of nitrogens with zero attached hydrogens (tertiary/aromatic N) is 2. The van der Waals surface area contributed by atoms with Crippen LogP contribution in [0, 0.1) is 0 Å². The lowest BCUT2D eigenvalue weighted by atomic mass is 10.0. The van der Waals surface area contributed by atoms with Gasteiger partial charge in [0.25, 0.3) is 0 Å². The van der Waals surface area contributed by atoms with Gasteiger partial charge in [0, 0.05) is 18.6 Å². The molecule has 110 valence electrons. The van der Waals surface area contributed by atoms with E-state index in [2.05, 4.69) is 10.3 Å². The van der Waals surface area contributed by atoms with Crippen molar-refractivity contribution in [1.29, 1.82) is 0 Å². The molecule has 20 heavy (non-hydrogen) atoms. The summed E-state index contributed by atoms with van der Waals surface area (Å²) in [5.74, 6) is 0.455. The van der Waals surface area contributed by atoms with E-state index < -0.39 is 11.9 Å². The van der Waals surface area contributed by atoms with Gasteiger partial charge < -0.3 is 10.2 Å². The number of nitrogens with one attached hydrogen (secondary N) is 1. The molecule has 0 spiro atoms. The van der Waals surface area contributed by atoms with Crippen LogP contribution in [0.3, 0.4) is 0 Å². The molecule has 3 nitrogen and oxygen atoms in total. The van der Waals surface area contributed by atoms with Gasteiger partial charge in [0.1, 0.15) is 11.5 Å². The molecule has 2 saturated heterocycles. The number of hydrogen-bond acceptors (Lipinski definition) is 3. The molecule has 0 aromatic carbocycles. The van der Waals surface area contributed by atoms with Crippen molar-refractivity contribution >= 4 is 5.82 Å². The summed E-state index contributed by atoms with van der Waals surface area (Å²) in [6.07, 6.45) is -0.0989. The number of halogens is 3. The second-order valence-electron chi connectivity index (χ2n) is 5.48. The highest BCUT2D eigenvalue weighted by Gasteiger charge is 2.36. The molecule has 0 aliphatic carbocycles. The number of aromatic nitrogens is 1. The third-order valence-electron chi connectivity index (χ3n) is 4.18. The van der Waals surface area contributed by atoms with E-state index in [0.717, 1.165) is 44.8 Å². The Morgan fingerprint density at radius 2 is 2.05 bits per heavy atom. The van der Waals surface area contributed by atoms with E-state index >= 15 is 0 Å². The molecule has 0 radical (unpaired) electrons. The summed E-state index contributed by atoms with van der Waals surface area (Å²) < 4.78 is 38.3. The van der Waals surface area contributed by atoms with Gasteiger partial charge in [-0.05, 0) is 44.4 Å². The van der Waals surface area contributed by atoms with Gasteiger partial charge >= 0.3 is 6.18 Å². The third kappa shape index (κ3) is 2.61. The van der Waals surface area contributed by atoms with Gasteiger partial charge in [0.15, 0.2) is 0 Å². The van der Waals surface area contributed by atoms with Gasteiger partial charge in [0.2, 0.25) is 0 Å². The maximum Gasteiger partial charge on any atom is 0.433 e. The van der Waals surface area contributed by atoms with Crippen molar-refractivity contribution < 1.29 is 13.2 Å². The lowest BCUT2D eigenvalue weighted by Gasteiger charge is -2.30. The van der Waals surface area contributed by atoms with E-state index in [-0.39, 0.29) is 6.04 Å². The van der Waals surface area contributed by atoms with Crippen LogP contribution in [0.15, 0.2) is 18.2 Å². The zero-order valence-electron chi connectivity index (χ0n) is 11.2. The highest BCUT2D eigenvalue weighted by atomic mass is 19.4. The van der Waals surface area contributed by atoms with Gasteiger partial charge in [-0.25, -0.2) is 4.98 Å². The van der Waals surface area contributed by atoms with Crippen LogP contribution in [0.1, 0.15) is 31.4 Å². The van der Waals surface area contributed by atoms with Crippen LogP contribution in [0.5, 0.6) is 0 Å². The van der Waals surface area contributed by atoms with E-state index in [1.165, 1.54) is 6.07 Å². The average Bonchev–Trinajstić information content (AvgIpc) is 3.08. The highest BCUT2D eigenvalue weighted by Crippen LogP contribution is 2.32. The van der Waals surface area contributed by atoms with Crippen LogP contribution in [0.25, 0.3) is 0 Å². The molecule has 2 unspecified atom stereocenters. The largest absolute Gasteiger partial charge is 0.433 e. The summed E-state index contributed by atoms with van der Waals surface area (Å²) in [6, 6.07) is 4.82. The second kappa shape index (κ2) is 5.24. The Balaban J connectivity index is 1.84. The van der Waals surface area contributed by atoms with Crippen LogP contribution < -0.4 is 10.2 Å². The third-order valence-corrected chi connectivity index (χ3v) is 4.18. The monoisotopic (exact) mass is 285 g/mol. The number of rotatable bonds is 2. The fourth-order valence-electron chi connectivity index (χ4n) is 3.28. The van der Waals surface area contributed by atoms with Gasteiger partial charge in [-0.3, -0.25) is 0 Å². The predicted octanol–water partition coefficient (Wildman–Crippen LogP) is 2.82. The van der Waals surface area contributed by atoms with E-state index in [9.17, 15) is 13.2 Å². The average molecular weight is 285 g/mol. The number of hydrogen-bond donors (Lipinski definition) is 1. The first-order valence-electron chi connectivity index (χ1n) is 7.10. The number of anilines is 1. The van der Waals surface area contributed by atoms with Gasteiger partial charge in [0.05, 0.1) is 0 Å². The van der Waals surface area contributed by atoms with E-state index in [1.54, 1.807) is 6.07 Å². The summed E-state index contributed by atoms with van der Waals surface area (Å²) in [6.45, 7) is 1.79. The van der Waals surface area contributed by atoms with Crippen molar-refractivity contribution in [2.24, 2.45) is 0 Å².